The van der Waals surface area contributed by atoms with Gasteiger partial charge in [0.15, 0.2) is 0 Å². The summed E-state index contributed by atoms with van der Waals surface area (Å²) in [4.78, 5) is 10.5. The van der Waals surface area contributed by atoms with Gasteiger partial charge in [-0.3, -0.25) is 10.1 Å². The molecular formula is C15H13N3O2. The third kappa shape index (κ3) is 2.93. The van der Waals surface area contributed by atoms with Crippen molar-refractivity contribution in [3.8, 4) is 6.07 Å². The van der Waals surface area contributed by atoms with Crippen molar-refractivity contribution >= 4 is 11.4 Å². The van der Waals surface area contributed by atoms with Gasteiger partial charge in [0, 0.05) is 18.2 Å². The van der Waals surface area contributed by atoms with Crippen molar-refractivity contribution in [2.24, 2.45) is 0 Å². The first-order valence-electron chi connectivity index (χ1n) is 6.08. The lowest BCUT2D eigenvalue weighted by molar-refractivity contribution is -0.385. The Morgan fingerprint density at radius 1 is 1.30 bits per heavy atom. The summed E-state index contributed by atoms with van der Waals surface area (Å²) < 4.78 is 0. The molecule has 0 spiro atoms. The van der Waals surface area contributed by atoms with E-state index in [-0.39, 0.29) is 5.69 Å². The van der Waals surface area contributed by atoms with Crippen molar-refractivity contribution in [1.82, 2.24) is 0 Å². The van der Waals surface area contributed by atoms with E-state index in [1.807, 2.05) is 19.1 Å². The zero-order valence-electron chi connectivity index (χ0n) is 11.0. The van der Waals surface area contributed by atoms with Crippen LogP contribution in [-0.4, -0.2) is 4.92 Å². The van der Waals surface area contributed by atoms with Gasteiger partial charge in [0.05, 0.1) is 16.2 Å². The van der Waals surface area contributed by atoms with Crippen LogP contribution in [0.2, 0.25) is 0 Å². The maximum Gasteiger partial charge on any atom is 0.274 e. The first-order chi connectivity index (χ1) is 9.61. The third-order valence-electron chi connectivity index (χ3n) is 2.95. The van der Waals surface area contributed by atoms with E-state index in [2.05, 4.69) is 11.4 Å². The van der Waals surface area contributed by atoms with Crippen molar-refractivity contribution in [2.75, 3.05) is 5.32 Å². The maximum absolute atomic E-state index is 10.9. The molecule has 1 N–H and O–H groups in total. The highest BCUT2D eigenvalue weighted by atomic mass is 16.6. The minimum Gasteiger partial charge on any atom is -0.380 e. The number of nitriles is 1. The van der Waals surface area contributed by atoms with Crippen LogP contribution in [0.3, 0.4) is 0 Å². The lowest BCUT2D eigenvalue weighted by atomic mass is 10.1. The summed E-state index contributed by atoms with van der Waals surface area (Å²) in [7, 11) is 0. The van der Waals surface area contributed by atoms with E-state index in [1.165, 1.54) is 6.07 Å². The number of rotatable bonds is 4. The molecule has 0 fully saturated rings. The summed E-state index contributed by atoms with van der Waals surface area (Å²) >= 11 is 0. The van der Waals surface area contributed by atoms with E-state index in [0.717, 1.165) is 5.56 Å². The number of benzene rings is 2. The molecule has 100 valence electrons. The van der Waals surface area contributed by atoms with E-state index in [0.29, 0.717) is 23.4 Å². The molecule has 0 heterocycles. The third-order valence-corrected chi connectivity index (χ3v) is 2.95. The van der Waals surface area contributed by atoms with Crippen molar-refractivity contribution in [3.63, 3.8) is 0 Å². The topological polar surface area (TPSA) is 79.0 Å². The lowest BCUT2D eigenvalue weighted by Gasteiger charge is -2.09. The monoisotopic (exact) mass is 267 g/mol. The zero-order valence-corrected chi connectivity index (χ0v) is 11.0. The summed E-state index contributed by atoms with van der Waals surface area (Å²) in [5.74, 6) is 0. The molecular weight excluding hydrogens is 254 g/mol. The fourth-order valence-corrected chi connectivity index (χ4v) is 1.93. The quantitative estimate of drug-likeness (QED) is 0.680. The molecule has 0 amide bonds. The van der Waals surface area contributed by atoms with Gasteiger partial charge >= 0.3 is 0 Å². The molecule has 0 aliphatic heterocycles. The Bertz CT molecular complexity index is 690. The molecule has 5 nitrogen and oxygen atoms in total. The zero-order chi connectivity index (χ0) is 14.5. The van der Waals surface area contributed by atoms with Crippen LogP contribution >= 0.6 is 0 Å². The summed E-state index contributed by atoms with van der Waals surface area (Å²) in [6, 6.07) is 14.1. The molecule has 0 aromatic heterocycles. The van der Waals surface area contributed by atoms with Gasteiger partial charge in [-0.15, -0.1) is 0 Å². The Hall–Kier alpha value is -2.87. The second-order valence-electron chi connectivity index (χ2n) is 4.40. The van der Waals surface area contributed by atoms with E-state index in [9.17, 15) is 10.1 Å². The van der Waals surface area contributed by atoms with Gasteiger partial charge in [-0.05, 0) is 24.6 Å². The Morgan fingerprint density at radius 2 is 2.05 bits per heavy atom. The molecule has 2 rings (SSSR count). The molecule has 2 aromatic carbocycles. The highest BCUT2D eigenvalue weighted by Crippen LogP contribution is 2.21. The number of hydrogen-bond acceptors (Lipinski definition) is 4. The number of hydrogen-bond donors (Lipinski definition) is 1. The highest BCUT2D eigenvalue weighted by molar-refractivity contribution is 5.59. The first kappa shape index (κ1) is 13.6. The Balaban J connectivity index is 2.24. The molecule has 0 saturated heterocycles. The predicted octanol–water partition coefficient (Wildman–Crippen LogP) is 3.39. The van der Waals surface area contributed by atoms with E-state index in [4.69, 9.17) is 5.26 Å². The molecule has 0 aliphatic rings. The van der Waals surface area contributed by atoms with Gasteiger partial charge < -0.3 is 5.32 Å². The SMILES string of the molecule is Cc1ccc(C#N)c(NCc2ccccc2[N+](=O)[O-])c1. The number of anilines is 1. The van der Waals surface area contributed by atoms with Crippen LogP contribution in [0.5, 0.6) is 0 Å². The fourth-order valence-electron chi connectivity index (χ4n) is 1.93. The summed E-state index contributed by atoms with van der Waals surface area (Å²) in [5, 5.41) is 23.1. The molecule has 0 radical (unpaired) electrons. The number of para-hydroxylation sites is 1. The summed E-state index contributed by atoms with van der Waals surface area (Å²) in [6.07, 6.45) is 0. The van der Waals surface area contributed by atoms with Gasteiger partial charge in [-0.2, -0.15) is 5.26 Å². The van der Waals surface area contributed by atoms with Crippen LogP contribution in [0.25, 0.3) is 0 Å². The first-order valence-corrected chi connectivity index (χ1v) is 6.08. The van der Waals surface area contributed by atoms with Gasteiger partial charge in [0.2, 0.25) is 0 Å². The molecule has 0 saturated carbocycles. The summed E-state index contributed by atoms with van der Waals surface area (Å²) in [6.45, 7) is 2.23. The van der Waals surface area contributed by atoms with E-state index in [1.54, 1.807) is 24.3 Å². The molecule has 0 unspecified atom stereocenters. The number of nitro groups is 1. The second-order valence-corrected chi connectivity index (χ2v) is 4.40. The minimum atomic E-state index is -0.404. The molecule has 0 aliphatic carbocycles. The van der Waals surface area contributed by atoms with Gasteiger partial charge in [0.25, 0.3) is 5.69 Å². The second kappa shape index (κ2) is 5.85. The number of aryl methyl sites for hydroxylation is 1. The Kier molecular flexibility index (Phi) is 3.96. The van der Waals surface area contributed by atoms with Crippen LogP contribution in [-0.2, 0) is 6.54 Å². The smallest absolute Gasteiger partial charge is 0.274 e. The van der Waals surface area contributed by atoms with Crippen LogP contribution in [0.4, 0.5) is 11.4 Å². The average molecular weight is 267 g/mol. The predicted molar refractivity (Wildman–Crippen MR) is 76.3 cm³/mol. The van der Waals surface area contributed by atoms with Gasteiger partial charge in [-0.1, -0.05) is 24.3 Å². The number of nitrogens with zero attached hydrogens (tertiary/aromatic N) is 2. The molecule has 2 aromatic rings. The molecule has 5 heteroatoms. The van der Waals surface area contributed by atoms with E-state index >= 15 is 0 Å². The van der Waals surface area contributed by atoms with E-state index < -0.39 is 4.92 Å². The largest absolute Gasteiger partial charge is 0.380 e. The molecule has 0 bridgehead atoms. The molecule has 20 heavy (non-hydrogen) atoms. The van der Waals surface area contributed by atoms with Gasteiger partial charge in [-0.25, -0.2) is 0 Å². The van der Waals surface area contributed by atoms with Gasteiger partial charge in [0.1, 0.15) is 6.07 Å². The van der Waals surface area contributed by atoms with Crippen LogP contribution in [0.15, 0.2) is 42.5 Å². The minimum absolute atomic E-state index is 0.0751. The fraction of sp³-hybridized carbons (Fsp3) is 0.133. The maximum atomic E-state index is 10.9. The standard InChI is InChI=1S/C15H13N3O2/c1-11-6-7-12(9-16)14(8-11)17-10-13-4-2-3-5-15(13)18(19)20/h2-8,17H,10H2,1H3. The van der Waals surface area contributed by atoms with Crippen LogP contribution < -0.4 is 5.32 Å². The van der Waals surface area contributed by atoms with Crippen molar-refractivity contribution in [1.29, 1.82) is 5.26 Å². The Morgan fingerprint density at radius 3 is 2.75 bits per heavy atom. The van der Waals surface area contributed by atoms with Crippen LogP contribution in [0, 0.1) is 28.4 Å². The highest BCUT2D eigenvalue weighted by Gasteiger charge is 2.12. The van der Waals surface area contributed by atoms with Crippen molar-refractivity contribution < 1.29 is 4.92 Å². The average Bonchev–Trinajstić information content (AvgIpc) is 2.45. The lowest BCUT2D eigenvalue weighted by Crippen LogP contribution is -2.04. The molecule has 0 atom stereocenters. The normalized spacial score (nSPS) is 9.80. The van der Waals surface area contributed by atoms with Crippen LogP contribution in [0.1, 0.15) is 16.7 Å². The summed E-state index contributed by atoms with van der Waals surface area (Å²) in [5.41, 5.74) is 2.89. The number of nitrogens with one attached hydrogen (secondary N) is 1. The van der Waals surface area contributed by atoms with Crippen molar-refractivity contribution in [3.05, 3.63) is 69.3 Å². The van der Waals surface area contributed by atoms with Crippen molar-refractivity contribution in [2.45, 2.75) is 13.5 Å². The Labute approximate surface area is 116 Å². The number of nitro benzene ring substituents is 1.